The van der Waals surface area contributed by atoms with E-state index in [1.165, 1.54) is 18.2 Å². The minimum absolute atomic E-state index is 0.120. The van der Waals surface area contributed by atoms with Crippen molar-refractivity contribution >= 4 is 40.7 Å². The predicted molar refractivity (Wildman–Crippen MR) is 134 cm³/mol. The Morgan fingerprint density at radius 2 is 1.58 bits per heavy atom. The number of para-hydroxylation sites is 1. The Kier molecular flexibility index (Phi) is 4.86. The number of imide groups is 1. The molecule has 0 radical (unpaired) electrons. The fourth-order valence-electron chi connectivity index (χ4n) is 5.83. The van der Waals surface area contributed by atoms with Gasteiger partial charge in [-0.2, -0.15) is 0 Å². The number of carbonyl (C=O) groups is 3. The number of ketones is 1. The highest BCUT2D eigenvalue weighted by Gasteiger charge is 2.64. The Balaban J connectivity index is 1.48. The van der Waals surface area contributed by atoms with Gasteiger partial charge in [0, 0.05) is 23.4 Å². The maximum atomic E-state index is 13.9. The molecule has 0 bridgehead atoms. The summed E-state index contributed by atoms with van der Waals surface area (Å²) >= 11 is 0. The zero-order valence-electron chi connectivity index (χ0n) is 19.3. The van der Waals surface area contributed by atoms with Gasteiger partial charge in [0.05, 0.1) is 28.5 Å². The van der Waals surface area contributed by atoms with E-state index in [0.717, 1.165) is 16.2 Å². The summed E-state index contributed by atoms with van der Waals surface area (Å²) in [6.07, 6.45) is 3.83. The Morgan fingerprint density at radius 1 is 0.889 bits per heavy atom. The zero-order valence-corrected chi connectivity index (χ0v) is 19.3. The Bertz CT molecular complexity index is 1480. The van der Waals surface area contributed by atoms with Crippen molar-refractivity contribution in [1.82, 2.24) is 0 Å². The van der Waals surface area contributed by atoms with Crippen molar-refractivity contribution in [3.05, 3.63) is 106 Å². The third kappa shape index (κ3) is 3.04. The third-order valence-corrected chi connectivity index (χ3v) is 7.37. The number of non-ortho nitro benzene ring substituents is 1. The lowest BCUT2D eigenvalue weighted by Gasteiger charge is -2.36. The minimum atomic E-state index is -0.888. The van der Waals surface area contributed by atoms with E-state index >= 15 is 0 Å². The highest BCUT2D eigenvalue weighted by molar-refractivity contribution is 6.26. The van der Waals surface area contributed by atoms with Crippen LogP contribution in [-0.2, 0) is 9.59 Å². The molecule has 3 aromatic rings. The average molecular weight is 479 g/mol. The molecule has 2 saturated heterocycles. The number of nitro groups is 1. The summed E-state index contributed by atoms with van der Waals surface area (Å²) in [4.78, 5) is 55.4. The van der Waals surface area contributed by atoms with Crippen molar-refractivity contribution in [2.75, 3.05) is 9.80 Å². The fourth-order valence-corrected chi connectivity index (χ4v) is 5.83. The van der Waals surface area contributed by atoms with E-state index in [1.807, 2.05) is 47.4 Å². The van der Waals surface area contributed by atoms with E-state index in [4.69, 9.17) is 0 Å². The number of hydrogen-bond acceptors (Lipinski definition) is 6. The molecular weight excluding hydrogens is 458 g/mol. The lowest BCUT2D eigenvalue weighted by Crippen LogP contribution is -2.49. The number of Topliss-reactive ketones (excluding diaryl/α,β-unsaturated/α-hetero) is 1. The van der Waals surface area contributed by atoms with E-state index in [2.05, 4.69) is 0 Å². The molecule has 3 aromatic carbocycles. The lowest BCUT2D eigenvalue weighted by molar-refractivity contribution is -0.384. The second-order valence-electron chi connectivity index (χ2n) is 9.28. The first-order chi connectivity index (χ1) is 17.4. The van der Waals surface area contributed by atoms with E-state index in [1.54, 1.807) is 31.2 Å². The standard InChI is InChI=1S/C28H21N3O5/c1-16-15-19(31(35)36)12-14-20(16)30-27(33)23-22-13-11-17-7-5-6-10-21(17)29(22)25(24(23)28(30)34)26(32)18-8-3-2-4-9-18/h2-15,22-25H,1H3/t22-,23-,24+,25-/m0/s1. The smallest absolute Gasteiger partial charge is 0.269 e. The monoisotopic (exact) mass is 479 g/mol. The molecule has 3 aliphatic rings. The van der Waals surface area contributed by atoms with Crippen molar-refractivity contribution < 1.29 is 19.3 Å². The highest BCUT2D eigenvalue weighted by atomic mass is 16.6. The van der Waals surface area contributed by atoms with Crippen LogP contribution in [0.25, 0.3) is 6.08 Å². The zero-order chi connectivity index (χ0) is 25.1. The van der Waals surface area contributed by atoms with Gasteiger partial charge in [-0.25, -0.2) is 4.90 Å². The highest BCUT2D eigenvalue weighted by Crippen LogP contribution is 2.50. The van der Waals surface area contributed by atoms with Gasteiger partial charge in [-0.1, -0.05) is 60.7 Å². The molecule has 6 rings (SSSR count). The van der Waals surface area contributed by atoms with Gasteiger partial charge in [0.2, 0.25) is 11.8 Å². The summed E-state index contributed by atoms with van der Waals surface area (Å²) in [5, 5.41) is 11.2. The summed E-state index contributed by atoms with van der Waals surface area (Å²) in [5.74, 6) is -2.72. The maximum absolute atomic E-state index is 13.9. The van der Waals surface area contributed by atoms with E-state index in [9.17, 15) is 24.5 Å². The predicted octanol–water partition coefficient (Wildman–Crippen LogP) is 4.18. The van der Waals surface area contributed by atoms with Crippen LogP contribution in [0, 0.1) is 28.9 Å². The molecule has 3 aliphatic heterocycles. The van der Waals surface area contributed by atoms with Crippen LogP contribution < -0.4 is 9.80 Å². The molecule has 178 valence electrons. The van der Waals surface area contributed by atoms with Crippen molar-refractivity contribution in [2.24, 2.45) is 11.8 Å². The number of anilines is 2. The summed E-state index contributed by atoms with van der Waals surface area (Å²) in [7, 11) is 0. The molecule has 8 nitrogen and oxygen atoms in total. The van der Waals surface area contributed by atoms with E-state index in [0.29, 0.717) is 16.8 Å². The maximum Gasteiger partial charge on any atom is 0.269 e. The number of hydrogen-bond donors (Lipinski definition) is 0. The number of benzene rings is 3. The van der Waals surface area contributed by atoms with Gasteiger partial charge >= 0.3 is 0 Å². The molecule has 0 unspecified atom stereocenters. The number of carbonyl (C=O) groups excluding carboxylic acids is 3. The quantitative estimate of drug-likeness (QED) is 0.241. The number of rotatable bonds is 4. The molecular formula is C28H21N3O5. The summed E-state index contributed by atoms with van der Waals surface area (Å²) in [6, 6.07) is 19.2. The van der Waals surface area contributed by atoms with E-state index < -0.39 is 40.7 Å². The first kappa shape index (κ1) is 21.9. The molecule has 0 aromatic heterocycles. The number of amides is 2. The molecule has 4 atom stereocenters. The normalized spacial score (nSPS) is 23.9. The van der Waals surface area contributed by atoms with Crippen LogP contribution in [0.5, 0.6) is 0 Å². The third-order valence-electron chi connectivity index (χ3n) is 7.37. The SMILES string of the molecule is Cc1cc([N+](=O)[O-])ccc1N1C(=O)[C@@H]2[C@@H](C1=O)[C@@H]1C=Cc3ccccc3N1[C@@H]2C(=O)c1ccccc1. The molecule has 36 heavy (non-hydrogen) atoms. The first-order valence-electron chi connectivity index (χ1n) is 11.7. The second kappa shape index (κ2) is 7.98. The van der Waals surface area contributed by atoms with Crippen molar-refractivity contribution in [2.45, 2.75) is 19.0 Å². The molecule has 0 aliphatic carbocycles. The summed E-state index contributed by atoms with van der Waals surface area (Å²) in [5.41, 5.74) is 2.83. The van der Waals surface area contributed by atoms with Crippen LogP contribution >= 0.6 is 0 Å². The molecule has 0 saturated carbocycles. The van der Waals surface area contributed by atoms with Crippen LogP contribution in [0.4, 0.5) is 17.1 Å². The van der Waals surface area contributed by atoms with Crippen molar-refractivity contribution in [1.29, 1.82) is 0 Å². The molecule has 2 fully saturated rings. The van der Waals surface area contributed by atoms with Gasteiger partial charge in [-0.05, 0) is 30.2 Å². The summed E-state index contributed by atoms with van der Waals surface area (Å²) < 4.78 is 0. The number of fused-ring (bicyclic) bond motifs is 5. The van der Waals surface area contributed by atoms with Gasteiger partial charge in [-0.3, -0.25) is 24.5 Å². The van der Waals surface area contributed by atoms with Gasteiger partial charge in [0.25, 0.3) is 5.69 Å². The molecule has 3 heterocycles. The molecule has 0 spiro atoms. The van der Waals surface area contributed by atoms with Crippen LogP contribution in [0.2, 0.25) is 0 Å². The Labute approximate surface area is 206 Å². The topological polar surface area (TPSA) is 101 Å². The fraction of sp³-hybridized carbons (Fsp3) is 0.179. The largest absolute Gasteiger partial charge is 0.352 e. The second-order valence-corrected chi connectivity index (χ2v) is 9.28. The number of aryl methyl sites for hydroxylation is 1. The molecule has 0 N–H and O–H groups in total. The lowest BCUT2D eigenvalue weighted by atomic mass is 9.86. The number of nitro benzene ring substituents is 1. The van der Waals surface area contributed by atoms with Crippen molar-refractivity contribution in [3.8, 4) is 0 Å². The molecule has 2 amide bonds. The molecule has 8 heteroatoms. The van der Waals surface area contributed by atoms with Gasteiger partial charge in [0.1, 0.15) is 6.04 Å². The van der Waals surface area contributed by atoms with Crippen LogP contribution in [0.15, 0.2) is 78.9 Å². The summed E-state index contributed by atoms with van der Waals surface area (Å²) in [6.45, 7) is 1.63. The van der Waals surface area contributed by atoms with E-state index in [-0.39, 0.29) is 11.5 Å². The van der Waals surface area contributed by atoms with Gasteiger partial charge < -0.3 is 4.90 Å². The van der Waals surface area contributed by atoms with Crippen molar-refractivity contribution in [3.63, 3.8) is 0 Å². The van der Waals surface area contributed by atoms with Crippen LogP contribution in [-0.4, -0.2) is 34.6 Å². The van der Waals surface area contributed by atoms with Crippen LogP contribution in [0.1, 0.15) is 21.5 Å². The van der Waals surface area contributed by atoms with Gasteiger partial charge in [-0.15, -0.1) is 0 Å². The van der Waals surface area contributed by atoms with Gasteiger partial charge in [0.15, 0.2) is 5.78 Å². The number of nitrogens with zero attached hydrogens (tertiary/aromatic N) is 3. The minimum Gasteiger partial charge on any atom is -0.352 e. The first-order valence-corrected chi connectivity index (χ1v) is 11.7. The Morgan fingerprint density at radius 3 is 2.31 bits per heavy atom. The average Bonchev–Trinajstić information content (AvgIpc) is 3.37. The Hall–Kier alpha value is -4.59. The van der Waals surface area contributed by atoms with Crippen LogP contribution in [0.3, 0.4) is 0 Å².